The van der Waals surface area contributed by atoms with E-state index >= 15 is 0 Å². The lowest BCUT2D eigenvalue weighted by Gasteiger charge is -2.14. The number of fused-ring (bicyclic) bond motifs is 3. The van der Waals surface area contributed by atoms with Gasteiger partial charge in [-0.25, -0.2) is 4.79 Å². The van der Waals surface area contributed by atoms with Crippen LogP contribution in [0.3, 0.4) is 0 Å². The van der Waals surface area contributed by atoms with Gasteiger partial charge in [-0.15, -0.1) is 0 Å². The number of carbonyl (C=O) groups is 1. The van der Waals surface area contributed by atoms with Crippen molar-refractivity contribution in [2.24, 2.45) is 0 Å². The molecule has 0 aromatic heterocycles. The predicted octanol–water partition coefficient (Wildman–Crippen LogP) is 4.94. The number of alkyl carbamates (subject to hydrolysis) is 1. The van der Waals surface area contributed by atoms with Crippen LogP contribution in [0.1, 0.15) is 22.6 Å². The van der Waals surface area contributed by atoms with E-state index in [4.69, 9.17) is 16.3 Å². The van der Waals surface area contributed by atoms with Gasteiger partial charge < -0.3 is 15.2 Å². The molecule has 0 heterocycles. The largest absolute Gasteiger partial charge is 0.506 e. The van der Waals surface area contributed by atoms with Gasteiger partial charge in [-0.05, 0) is 34.4 Å². The highest BCUT2D eigenvalue weighted by Gasteiger charge is 2.28. The minimum atomic E-state index is -0.525. The zero-order chi connectivity index (χ0) is 20.2. The first-order valence-electron chi connectivity index (χ1n) is 9.20. The molecule has 0 aliphatic heterocycles. The van der Waals surface area contributed by atoms with Gasteiger partial charge in [0.2, 0.25) is 0 Å². The molecule has 1 aliphatic rings. The summed E-state index contributed by atoms with van der Waals surface area (Å²) in [6, 6.07) is 21.2. The van der Waals surface area contributed by atoms with Gasteiger partial charge >= 0.3 is 6.09 Å². The summed E-state index contributed by atoms with van der Waals surface area (Å²) in [6.45, 7) is 0.369. The van der Waals surface area contributed by atoms with Gasteiger partial charge in [0.25, 0.3) is 0 Å². The first-order valence-corrected chi connectivity index (χ1v) is 9.58. The maximum atomic E-state index is 12.1. The molecule has 0 atom stereocenters. The van der Waals surface area contributed by atoms with E-state index in [1.807, 2.05) is 24.3 Å². The predicted molar refractivity (Wildman–Crippen MR) is 113 cm³/mol. The quantitative estimate of drug-likeness (QED) is 0.609. The monoisotopic (exact) mass is 403 g/mol. The summed E-state index contributed by atoms with van der Waals surface area (Å²) < 4.78 is 5.45. The molecule has 29 heavy (non-hydrogen) atoms. The molecule has 1 amide bonds. The number of aromatic hydroxyl groups is 1. The Kier molecular flexibility index (Phi) is 5.41. The van der Waals surface area contributed by atoms with E-state index < -0.39 is 6.09 Å². The van der Waals surface area contributed by atoms with Crippen molar-refractivity contribution >= 4 is 17.7 Å². The van der Waals surface area contributed by atoms with Crippen molar-refractivity contribution in [3.8, 4) is 28.7 Å². The molecular weight excluding hydrogens is 386 g/mol. The topological polar surface area (TPSA) is 58.6 Å². The SMILES string of the molecule is O=C(NCC#Cc1cccc(O)c1Cl)OCC1c2ccccc2-c2ccccc21. The number of carbonyl (C=O) groups excluding carboxylic acids is 1. The van der Waals surface area contributed by atoms with E-state index in [1.165, 1.54) is 28.3 Å². The third-order valence-corrected chi connectivity index (χ3v) is 5.26. The Labute approximate surface area is 174 Å². The first-order chi connectivity index (χ1) is 14.1. The lowest BCUT2D eigenvalue weighted by atomic mass is 9.98. The molecule has 0 unspecified atom stereocenters. The molecule has 0 saturated heterocycles. The zero-order valence-corrected chi connectivity index (χ0v) is 16.2. The third-order valence-electron chi connectivity index (χ3n) is 4.87. The molecule has 2 N–H and O–H groups in total. The average Bonchev–Trinajstić information content (AvgIpc) is 3.06. The second kappa shape index (κ2) is 8.30. The Morgan fingerprint density at radius 2 is 1.66 bits per heavy atom. The van der Waals surface area contributed by atoms with E-state index in [0.717, 1.165) is 0 Å². The number of benzene rings is 3. The van der Waals surface area contributed by atoms with Gasteiger partial charge in [0.15, 0.2) is 0 Å². The van der Waals surface area contributed by atoms with E-state index in [1.54, 1.807) is 12.1 Å². The molecule has 0 spiro atoms. The molecule has 0 bridgehead atoms. The number of rotatable bonds is 3. The Morgan fingerprint density at radius 3 is 2.34 bits per heavy atom. The van der Waals surface area contributed by atoms with Crippen molar-refractivity contribution in [1.29, 1.82) is 0 Å². The number of hydrogen-bond donors (Lipinski definition) is 2. The fourth-order valence-corrected chi connectivity index (χ4v) is 3.69. The number of nitrogens with one attached hydrogen (secondary N) is 1. The smallest absolute Gasteiger partial charge is 0.407 e. The van der Waals surface area contributed by atoms with Crippen molar-refractivity contribution in [2.75, 3.05) is 13.2 Å². The van der Waals surface area contributed by atoms with Gasteiger partial charge in [0, 0.05) is 11.5 Å². The normalized spacial score (nSPS) is 11.8. The zero-order valence-electron chi connectivity index (χ0n) is 15.5. The molecule has 144 valence electrons. The van der Waals surface area contributed by atoms with Gasteiger partial charge in [0.1, 0.15) is 12.4 Å². The first kappa shape index (κ1) is 18.9. The highest BCUT2D eigenvalue weighted by Crippen LogP contribution is 2.44. The molecule has 0 fully saturated rings. The van der Waals surface area contributed by atoms with Crippen molar-refractivity contribution in [3.63, 3.8) is 0 Å². The van der Waals surface area contributed by atoms with Crippen LogP contribution in [0.15, 0.2) is 66.7 Å². The average molecular weight is 404 g/mol. The summed E-state index contributed by atoms with van der Waals surface area (Å²) in [6.07, 6.45) is -0.525. The molecule has 3 aromatic carbocycles. The Balaban J connectivity index is 1.36. The lowest BCUT2D eigenvalue weighted by molar-refractivity contribution is 0.144. The van der Waals surface area contributed by atoms with E-state index in [9.17, 15) is 9.90 Å². The molecule has 4 rings (SSSR count). The number of halogens is 1. The van der Waals surface area contributed by atoms with Crippen LogP contribution in [0.2, 0.25) is 5.02 Å². The molecular formula is C24H18ClNO3. The summed E-state index contributed by atoms with van der Waals surface area (Å²) >= 11 is 5.98. The minimum absolute atomic E-state index is 0.0188. The Hall–Kier alpha value is -3.42. The fourth-order valence-electron chi connectivity index (χ4n) is 3.52. The number of ether oxygens (including phenoxy) is 1. The maximum absolute atomic E-state index is 12.1. The summed E-state index contributed by atoms with van der Waals surface area (Å²) in [5.74, 6) is 5.62. The molecule has 0 saturated carbocycles. The number of phenols is 1. The molecule has 4 nitrogen and oxygen atoms in total. The van der Waals surface area contributed by atoms with Crippen molar-refractivity contribution in [1.82, 2.24) is 5.32 Å². The summed E-state index contributed by atoms with van der Waals surface area (Å²) in [5, 5.41) is 12.4. The van der Waals surface area contributed by atoms with Crippen LogP contribution < -0.4 is 5.32 Å². The van der Waals surface area contributed by atoms with Gasteiger partial charge in [-0.2, -0.15) is 0 Å². The van der Waals surface area contributed by atoms with E-state index in [2.05, 4.69) is 41.4 Å². The second-order valence-corrected chi connectivity index (χ2v) is 7.00. The van der Waals surface area contributed by atoms with Crippen molar-refractivity contribution in [2.45, 2.75) is 5.92 Å². The maximum Gasteiger partial charge on any atom is 0.407 e. The highest BCUT2D eigenvalue weighted by molar-refractivity contribution is 6.33. The Morgan fingerprint density at radius 1 is 1.00 bits per heavy atom. The third kappa shape index (κ3) is 3.91. The van der Waals surface area contributed by atoms with E-state index in [-0.39, 0.29) is 29.8 Å². The fraction of sp³-hybridized carbons (Fsp3) is 0.125. The van der Waals surface area contributed by atoms with Crippen molar-refractivity contribution in [3.05, 3.63) is 88.4 Å². The van der Waals surface area contributed by atoms with Crippen LogP contribution in [0, 0.1) is 11.8 Å². The molecule has 0 radical (unpaired) electrons. The number of hydrogen-bond acceptors (Lipinski definition) is 3. The summed E-state index contributed by atoms with van der Waals surface area (Å²) in [5.41, 5.74) is 5.21. The van der Waals surface area contributed by atoms with Crippen LogP contribution in [0.4, 0.5) is 4.79 Å². The molecule has 1 aliphatic carbocycles. The van der Waals surface area contributed by atoms with Crippen molar-refractivity contribution < 1.29 is 14.6 Å². The standard InChI is InChI=1S/C24H18ClNO3/c25-23-16(7-5-13-22(23)27)8-6-14-26-24(28)29-15-21-19-11-3-1-9-17(19)18-10-2-4-12-20(18)21/h1-5,7,9-13,21,27H,14-15H2,(H,26,28). The summed E-state index contributed by atoms with van der Waals surface area (Å²) in [7, 11) is 0. The lowest BCUT2D eigenvalue weighted by Crippen LogP contribution is -2.26. The van der Waals surface area contributed by atoms with Crippen LogP contribution in [0.25, 0.3) is 11.1 Å². The molecule has 5 heteroatoms. The van der Waals surface area contributed by atoms with Gasteiger partial charge in [-0.1, -0.05) is 78.0 Å². The van der Waals surface area contributed by atoms with Gasteiger partial charge in [-0.3, -0.25) is 0 Å². The highest BCUT2D eigenvalue weighted by atomic mass is 35.5. The van der Waals surface area contributed by atoms with Gasteiger partial charge in [0.05, 0.1) is 11.6 Å². The van der Waals surface area contributed by atoms with E-state index in [0.29, 0.717) is 5.56 Å². The molecule has 3 aromatic rings. The van der Waals surface area contributed by atoms with Crippen LogP contribution in [-0.2, 0) is 4.74 Å². The van der Waals surface area contributed by atoms with Crippen LogP contribution >= 0.6 is 11.6 Å². The number of amides is 1. The van der Waals surface area contributed by atoms with Crippen LogP contribution in [-0.4, -0.2) is 24.4 Å². The second-order valence-electron chi connectivity index (χ2n) is 6.62. The van der Waals surface area contributed by atoms with Crippen LogP contribution in [0.5, 0.6) is 5.75 Å². The number of phenolic OH excluding ortho intramolecular Hbond substituents is 1. The minimum Gasteiger partial charge on any atom is -0.506 e. The summed E-state index contributed by atoms with van der Waals surface area (Å²) in [4.78, 5) is 12.1. The Bertz CT molecular complexity index is 1080.